The lowest BCUT2D eigenvalue weighted by atomic mass is 10.1. The Morgan fingerprint density at radius 1 is 0.950 bits per heavy atom. The standard InChI is InChI=1S/C16H13ClN2O/c1-18-15(12-7-9-13(17)10-8-12)11-16(20)19(18)14-5-3-2-4-6-14/h2-11H,1H3. The van der Waals surface area contributed by atoms with Gasteiger partial charge in [-0.1, -0.05) is 41.9 Å². The molecule has 0 spiro atoms. The van der Waals surface area contributed by atoms with Gasteiger partial charge in [0.25, 0.3) is 5.56 Å². The van der Waals surface area contributed by atoms with Crippen LogP contribution in [0.2, 0.25) is 5.02 Å². The van der Waals surface area contributed by atoms with Gasteiger partial charge in [0.05, 0.1) is 11.4 Å². The summed E-state index contributed by atoms with van der Waals surface area (Å²) in [4.78, 5) is 12.2. The summed E-state index contributed by atoms with van der Waals surface area (Å²) >= 11 is 5.90. The summed E-state index contributed by atoms with van der Waals surface area (Å²) in [6.45, 7) is 0. The summed E-state index contributed by atoms with van der Waals surface area (Å²) in [7, 11) is 1.87. The molecule has 0 N–H and O–H groups in total. The first-order valence-electron chi connectivity index (χ1n) is 6.27. The number of halogens is 1. The van der Waals surface area contributed by atoms with Gasteiger partial charge < -0.3 is 0 Å². The first kappa shape index (κ1) is 12.8. The molecule has 0 unspecified atom stereocenters. The summed E-state index contributed by atoms with van der Waals surface area (Å²) < 4.78 is 3.49. The average molecular weight is 285 g/mol. The average Bonchev–Trinajstić information content (AvgIpc) is 2.76. The van der Waals surface area contributed by atoms with E-state index in [2.05, 4.69) is 0 Å². The highest BCUT2D eigenvalue weighted by molar-refractivity contribution is 6.30. The Hall–Kier alpha value is -2.26. The molecule has 0 saturated heterocycles. The van der Waals surface area contributed by atoms with Crippen molar-refractivity contribution in [3.05, 3.63) is 76.0 Å². The van der Waals surface area contributed by atoms with Gasteiger partial charge in [0.2, 0.25) is 0 Å². The molecule has 3 aromatic rings. The first-order valence-corrected chi connectivity index (χ1v) is 6.65. The van der Waals surface area contributed by atoms with Crippen LogP contribution in [0, 0.1) is 0 Å². The van der Waals surface area contributed by atoms with Gasteiger partial charge in [-0.2, -0.15) is 0 Å². The normalized spacial score (nSPS) is 10.7. The van der Waals surface area contributed by atoms with Gasteiger partial charge >= 0.3 is 0 Å². The quantitative estimate of drug-likeness (QED) is 0.707. The van der Waals surface area contributed by atoms with E-state index in [9.17, 15) is 4.79 Å². The zero-order chi connectivity index (χ0) is 14.1. The molecule has 0 aliphatic heterocycles. The van der Waals surface area contributed by atoms with Crippen molar-refractivity contribution < 1.29 is 0 Å². The van der Waals surface area contributed by atoms with Crippen molar-refractivity contribution in [3.63, 3.8) is 0 Å². The molecule has 1 aromatic heterocycles. The van der Waals surface area contributed by atoms with Crippen molar-refractivity contribution in [2.24, 2.45) is 7.05 Å². The minimum atomic E-state index is -0.0522. The Morgan fingerprint density at radius 3 is 2.25 bits per heavy atom. The van der Waals surface area contributed by atoms with Crippen molar-refractivity contribution in [1.82, 2.24) is 9.36 Å². The van der Waals surface area contributed by atoms with Crippen molar-refractivity contribution >= 4 is 11.6 Å². The zero-order valence-electron chi connectivity index (χ0n) is 11.0. The third-order valence-electron chi connectivity index (χ3n) is 3.26. The van der Waals surface area contributed by atoms with Crippen molar-refractivity contribution in [2.45, 2.75) is 0 Å². The van der Waals surface area contributed by atoms with Crippen LogP contribution >= 0.6 is 11.6 Å². The Morgan fingerprint density at radius 2 is 1.60 bits per heavy atom. The number of hydrogen-bond donors (Lipinski definition) is 0. The van der Waals surface area contributed by atoms with Crippen molar-refractivity contribution in [3.8, 4) is 16.9 Å². The Bertz CT molecular complexity index is 786. The van der Waals surface area contributed by atoms with Crippen LogP contribution in [0.4, 0.5) is 0 Å². The number of benzene rings is 2. The fourth-order valence-electron chi connectivity index (χ4n) is 2.29. The lowest BCUT2D eigenvalue weighted by molar-refractivity contribution is 0.652. The van der Waals surface area contributed by atoms with Gasteiger partial charge in [0.15, 0.2) is 0 Å². The van der Waals surface area contributed by atoms with Crippen LogP contribution in [0.15, 0.2) is 65.5 Å². The maximum Gasteiger partial charge on any atom is 0.271 e. The minimum Gasteiger partial charge on any atom is -0.280 e. The number of para-hydroxylation sites is 1. The number of hydrogen-bond acceptors (Lipinski definition) is 1. The molecule has 20 heavy (non-hydrogen) atoms. The predicted octanol–water partition coefficient (Wildman–Crippen LogP) is 3.50. The smallest absolute Gasteiger partial charge is 0.271 e. The van der Waals surface area contributed by atoms with E-state index < -0.39 is 0 Å². The van der Waals surface area contributed by atoms with Crippen LogP contribution in [0.3, 0.4) is 0 Å². The second-order valence-electron chi connectivity index (χ2n) is 4.55. The molecule has 0 bridgehead atoms. The SMILES string of the molecule is Cn1c(-c2ccc(Cl)cc2)cc(=O)n1-c1ccccc1. The topological polar surface area (TPSA) is 26.9 Å². The summed E-state index contributed by atoms with van der Waals surface area (Å²) in [6.07, 6.45) is 0. The molecule has 100 valence electrons. The van der Waals surface area contributed by atoms with E-state index in [1.54, 1.807) is 10.7 Å². The molecular formula is C16H13ClN2O. The van der Waals surface area contributed by atoms with Crippen molar-refractivity contribution in [2.75, 3.05) is 0 Å². The van der Waals surface area contributed by atoms with Gasteiger partial charge in [0, 0.05) is 18.1 Å². The fourth-order valence-corrected chi connectivity index (χ4v) is 2.41. The Balaban J connectivity index is 2.17. The van der Waals surface area contributed by atoms with Crippen LogP contribution in [-0.2, 0) is 7.05 Å². The molecule has 0 amide bonds. The van der Waals surface area contributed by atoms with Crippen LogP contribution in [0.25, 0.3) is 16.9 Å². The van der Waals surface area contributed by atoms with Crippen LogP contribution in [-0.4, -0.2) is 9.36 Å². The molecule has 0 atom stereocenters. The highest BCUT2D eigenvalue weighted by atomic mass is 35.5. The van der Waals surface area contributed by atoms with Gasteiger partial charge in [-0.05, 0) is 29.8 Å². The Kier molecular flexibility index (Phi) is 3.20. The third-order valence-corrected chi connectivity index (χ3v) is 3.51. The Labute approximate surface area is 121 Å². The molecule has 3 nitrogen and oxygen atoms in total. The van der Waals surface area contributed by atoms with E-state index in [0.717, 1.165) is 16.9 Å². The van der Waals surface area contributed by atoms with Gasteiger partial charge in [-0.3, -0.25) is 9.48 Å². The van der Waals surface area contributed by atoms with E-state index in [-0.39, 0.29) is 5.56 Å². The summed E-state index contributed by atoms with van der Waals surface area (Å²) in [6, 6.07) is 18.7. The fraction of sp³-hybridized carbons (Fsp3) is 0.0625. The maximum absolute atomic E-state index is 12.2. The first-order chi connectivity index (χ1) is 9.66. The van der Waals surface area contributed by atoms with E-state index in [1.807, 2.05) is 66.3 Å². The maximum atomic E-state index is 12.2. The molecule has 0 fully saturated rings. The number of nitrogens with zero attached hydrogens (tertiary/aromatic N) is 2. The van der Waals surface area contributed by atoms with Crippen molar-refractivity contribution in [1.29, 1.82) is 0 Å². The van der Waals surface area contributed by atoms with Gasteiger partial charge in [-0.25, -0.2) is 4.68 Å². The highest BCUT2D eigenvalue weighted by Crippen LogP contribution is 2.21. The van der Waals surface area contributed by atoms with E-state index >= 15 is 0 Å². The van der Waals surface area contributed by atoms with Crippen LogP contribution in [0.1, 0.15) is 0 Å². The number of aromatic nitrogens is 2. The lowest BCUT2D eigenvalue weighted by Crippen LogP contribution is -2.18. The summed E-state index contributed by atoms with van der Waals surface area (Å²) in [5.41, 5.74) is 2.61. The monoisotopic (exact) mass is 284 g/mol. The second kappa shape index (κ2) is 5.02. The largest absolute Gasteiger partial charge is 0.280 e. The zero-order valence-corrected chi connectivity index (χ0v) is 11.7. The highest BCUT2D eigenvalue weighted by Gasteiger charge is 2.11. The second-order valence-corrected chi connectivity index (χ2v) is 4.98. The number of rotatable bonds is 2. The van der Waals surface area contributed by atoms with E-state index in [1.165, 1.54) is 0 Å². The third kappa shape index (κ3) is 2.17. The van der Waals surface area contributed by atoms with Gasteiger partial charge in [-0.15, -0.1) is 0 Å². The molecule has 2 aromatic carbocycles. The van der Waals surface area contributed by atoms with Gasteiger partial charge in [0.1, 0.15) is 0 Å². The lowest BCUT2D eigenvalue weighted by Gasteiger charge is -2.10. The van der Waals surface area contributed by atoms with E-state index in [4.69, 9.17) is 11.6 Å². The molecule has 4 heteroatoms. The minimum absolute atomic E-state index is 0.0522. The predicted molar refractivity (Wildman–Crippen MR) is 81.5 cm³/mol. The van der Waals surface area contributed by atoms with Crippen LogP contribution < -0.4 is 5.56 Å². The molecule has 3 rings (SSSR count). The molecule has 0 aliphatic carbocycles. The summed E-state index contributed by atoms with van der Waals surface area (Å²) in [5, 5.41) is 0.682. The molecule has 0 saturated carbocycles. The molecule has 1 heterocycles. The molecule has 0 aliphatic rings. The summed E-state index contributed by atoms with van der Waals surface area (Å²) in [5.74, 6) is 0. The van der Waals surface area contributed by atoms with Crippen LogP contribution in [0.5, 0.6) is 0 Å². The van der Waals surface area contributed by atoms with E-state index in [0.29, 0.717) is 5.02 Å². The molecule has 0 radical (unpaired) electrons. The molecular weight excluding hydrogens is 272 g/mol.